The predicted octanol–water partition coefficient (Wildman–Crippen LogP) is 7.51. The van der Waals surface area contributed by atoms with Crippen LogP contribution < -0.4 is 4.74 Å². The zero-order valence-corrected chi connectivity index (χ0v) is 20.2. The summed E-state index contributed by atoms with van der Waals surface area (Å²) in [5.74, 6) is 0.315. The first-order valence-electron chi connectivity index (χ1n) is 12.0. The zero-order chi connectivity index (χ0) is 23.2. The van der Waals surface area contributed by atoms with Crippen molar-refractivity contribution in [3.63, 3.8) is 0 Å². The Morgan fingerprint density at radius 2 is 1.44 bits per heavy atom. The lowest BCUT2D eigenvalue weighted by atomic mass is 10.0. The van der Waals surface area contributed by atoms with Gasteiger partial charge in [0.05, 0.1) is 6.61 Å². The Kier molecular flexibility index (Phi) is 12.0. The minimum atomic E-state index is -3.82. The van der Waals surface area contributed by atoms with Crippen LogP contribution in [0, 0.1) is 5.82 Å². The number of rotatable bonds is 16. The quantitative estimate of drug-likeness (QED) is 0.199. The van der Waals surface area contributed by atoms with Crippen LogP contribution in [0.2, 0.25) is 0 Å². The second-order valence-electron chi connectivity index (χ2n) is 8.51. The lowest BCUT2D eigenvalue weighted by Gasteiger charge is -2.09. The third-order valence-corrected chi connectivity index (χ3v) is 6.51. The SMILES string of the molecule is CCCc1ccc(-c2ccc(OCCCCCCCCCCCP(=O)(O)O)cc2F)cc1. The van der Waals surface area contributed by atoms with Crippen molar-refractivity contribution in [3.05, 3.63) is 53.8 Å². The number of benzene rings is 2. The van der Waals surface area contributed by atoms with Crippen LogP contribution in [0.1, 0.15) is 76.7 Å². The summed E-state index contributed by atoms with van der Waals surface area (Å²) >= 11 is 0. The zero-order valence-electron chi connectivity index (χ0n) is 19.3. The van der Waals surface area contributed by atoms with E-state index in [2.05, 4.69) is 19.1 Å². The molecule has 0 saturated heterocycles. The highest BCUT2D eigenvalue weighted by Crippen LogP contribution is 2.35. The van der Waals surface area contributed by atoms with Crippen LogP contribution in [0.25, 0.3) is 11.1 Å². The number of ether oxygens (including phenoxy) is 1. The number of hydrogen-bond acceptors (Lipinski definition) is 2. The second kappa shape index (κ2) is 14.5. The molecule has 0 spiro atoms. The van der Waals surface area contributed by atoms with Crippen molar-refractivity contribution in [1.82, 2.24) is 0 Å². The molecule has 2 rings (SSSR count). The maximum Gasteiger partial charge on any atom is 0.325 e. The lowest BCUT2D eigenvalue weighted by molar-refractivity contribution is 0.303. The van der Waals surface area contributed by atoms with Gasteiger partial charge in [0.1, 0.15) is 11.6 Å². The molecule has 0 aliphatic carbocycles. The standard InChI is InChI=1S/C26H38FO4P/c1-2-12-22-13-15-23(16-14-22)25-18-17-24(21-26(25)27)31-19-10-8-6-4-3-5-7-9-11-20-32(28,29)30/h13-18,21H,2-12,19-20H2,1H3,(H2,28,29,30). The smallest absolute Gasteiger partial charge is 0.325 e. The average Bonchev–Trinajstić information content (AvgIpc) is 2.75. The van der Waals surface area contributed by atoms with Gasteiger partial charge in [-0.15, -0.1) is 0 Å². The highest BCUT2D eigenvalue weighted by Gasteiger charge is 2.11. The van der Waals surface area contributed by atoms with E-state index in [0.29, 0.717) is 24.3 Å². The Morgan fingerprint density at radius 1 is 0.844 bits per heavy atom. The Bertz CT molecular complexity index is 832. The van der Waals surface area contributed by atoms with E-state index in [9.17, 15) is 8.96 Å². The minimum Gasteiger partial charge on any atom is -0.493 e. The molecule has 178 valence electrons. The van der Waals surface area contributed by atoms with Gasteiger partial charge >= 0.3 is 7.60 Å². The highest BCUT2D eigenvalue weighted by molar-refractivity contribution is 7.51. The maximum absolute atomic E-state index is 14.5. The molecule has 2 N–H and O–H groups in total. The summed E-state index contributed by atoms with van der Waals surface area (Å²) in [7, 11) is -3.82. The van der Waals surface area contributed by atoms with Crippen molar-refractivity contribution >= 4 is 7.60 Å². The van der Waals surface area contributed by atoms with Crippen molar-refractivity contribution in [2.45, 2.75) is 77.6 Å². The van der Waals surface area contributed by atoms with Gasteiger partial charge in [-0.3, -0.25) is 4.57 Å². The van der Waals surface area contributed by atoms with Crippen molar-refractivity contribution < 1.29 is 23.5 Å². The molecule has 0 radical (unpaired) electrons. The predicted molar refractivity (Wildman–Crippen MR) is 130 cm³/mol. The maximum atomic E-state index is 14.5. The van der Waals surface area contributed by atoms with E-state index in [4.69, 9.17) is 14.5 Å². The number of halogens is 1. The number of unbranched alkanes of at least 4 members (excludes halogenated alkanes) is 8. The molecule has 2 aromatic carbocycles. The fourth-order valence-electron chi connectivity index (χ4n) is 3.81. The third kappa shape index (κ3) is 10.8. The molecular formula is C26H38FO4P. The van der Waals surface area contributed by atoms with E-state index >= 15 is 0 Å². The lowest BCUT2D eigenvalue weighted by Crippen LogP contribution is -1.98. The van der Waals surface area contributed by atoms with Gasteiger partial charge in [-0.05, 0) is 42.5 Å². The molecule has 4 nitrogen and oxygen atoms in total. The summed E-state index contributed by atoms with van der Waals surface area (Å²) in [5.41, 5.74) is 2.76. The summed E-state index contributed by atoms with van der Waals surface area (Å²) in [6.45, 7) is 2.74. The van der Waals surface area contributed by atoms with Crippen LogP contribution in [-0.4, -0.2) is 22.6 Å². The van der Waals surface area contributed by atoms with Gasteiger partial charge < -0.3 is 14.5 Å². The molecule has 0 saturated carbocycles. The number of hydrogen-bond donors (Lipinski definition) is 2. The van der Waals surface area contributed by atoms with E-state index in [1.54, 1.807) is 6.07 Å². The monoisotopic (exact) mass is 464 g/mol. The molecule has 0 fully saturated rings. The van der Waals surface area contributed by atoms with Gasteiger partial charge in [-0.25, -0.2) is 4.39 Å². The van der Waals surface area contributed by atoms with Crippen LogP contribution in [0.15, 0.2) is 42.5 Å². The molecule has 2 aromatic rings. The third-order valence-electron chi connectivity index (χ3n) is 5.61. The van der Waals surface area contributed by atoms with Crippen molar-refractivity contribution in [2.24, 2.45) is 0 Å². The topological polar surface area (TPSA) is 66.8 Å². The van der Waals surface area contributed by atoms with E-state index in [-0.39, 0.29) is 12.0 Å². The van der Waals surface area contributed by atoms with Crippen LogP contribution in [-0.2, 0) is 11.0 Å². The molecule has 0 atom stereocenters. The van der Waals surface area contributed by atoms with Gasteiger partial charge in [-0.1, -0.05) is 82.6 Å². The van der Waals surface area contributed by atoms with Gasteiger partial charge in [0.25, 0.3) is 0 Å². The Labute approximate surface area is 192 Å². The molecular weight excluding hydrogens is 426 g/mol. The van der Waals surface area contributed by atoms with Crippen LogP contribution in [0.4, 0.5) is 4.39 Å². The van der Waals surface area contributed by atoms with Crippen LogP contribution in [0.5, 0.6) is 5.75 Å². The van der Waals surface area contributed by atoms with E-state index in [1.165, 1.54) is 18.1 Å². The van der Waals surface area contributed by atoms with Gasteiger partial charge in [0.2, 0.25) is 0 Å². The normalized spacial score (nSPS) is 11.6. The fraction of sp³-hybridized carbons (Fsp3) is 0.538. The fourth-order valence-corrected chi connectivity index (χ4v) is 4.44. The molecule has 0 bridgehead atoms. The molecule has 0 aromatic heterocycles. The van der Waals surface area contributed by atoms with Crippen LogP contribution in [0.3, 0.4) is 0 Å². The van der Waals surface area contributed by atoms with Crippen LogP contribution >= 0.6 is 7.60 Å². The molecule has 0 amide bonds. The second-order valence-corrected chi connectivity index (χ2v) is 10.3. The van der Waals surface area contributed by atoms with Gasteiger partial charge in [-0.2, -0.15) is 0 Å². The van der Waals surface area contributed by atoms with Crippen molar-refractivity contribution in [3.8, 4) is 16.9 Å². The summed E-state index contributed by atoms with van der Waals surface area (Å²) in [6.07, 6.45) is 11.3. The Hall–Kier alpha value is -1.68. The van der Waals surface area contributed by atoms with E-state index in [1.807, 2.05) is 18.2 Å². The summed E-state index contributed by atoms with van der Waals surface area (Å²) < 4.78 is 31.0. The summed E-state index contributed by atoms with van der Waals surface area (Å²) in [6, 6.07) is 13.2. The Balaban J connectivity index is 1.57. The minimum absolute atomic E-state index is 0.00572. The van der Waals surface area contributed by atoms with Crippen molar-refractivity contribution in [2.75, 3.05) is 12.8 Å². The van der Waals surface area contributed by atoms with E-state index in [0.717, 1.165) is 63.4 Å². The molecule has 0 aliphatic heterocycles. The molecule has 6 heteroatoms. The molecule has 0 unspecified atom stereocenters. The number of aryl methyl sites for hydroxylation is 1. The Morgan fingerprint density at radius 3 is 2.00 bits per heavy atom. The van der Waals surface area contributed by atoms with Crippen molar-refractivity contribution in [1.29, 1.82) is 0 Å². The van der Waals surface area contributed by atoms with Gasteiger partial charge in [0.15, 0.2) is 0 Å². The highest BCUT2D eigenvalue weighted by atomic mass is 31.2. The molecule has 0 heterocycles. The first-order valence-corrected chi connectivity index (χ1v) is 13.7. The summed E-state index contributed by atoms with van der Waals surface area (Å²) in [4.78, 5) is 17.6. The van der Waals surface area contributed by atoms with Gasteiger partial charge in [0, 0.05) is 17.8 Å². The molecule has 0 aliphatic rings. The summed E-state index contributed by atoms with van der Waals surface area (Å²) in [5, 5.41) is 0. The first kappa shape index (κ1) is 26.6. The average molecular weight is 465 g/mol. The first-order chi connectivity index (χ1) is 15.4. The molecule has 32 heavy (non-hydrogen) atoms. The van der Waals surface area contributed by atoms with E-state index < -0.39 is 7.60 Å². The largest absolute Gasteiger partial charge is 0.493 e.